The van der Waals surface area contributed by atoms with Gasteiger partial charge in [-0.25, -0.2) is 0 Å². The summed E-state index contributed by atoms with van der Waals surface area (Å²) in [6.07, 6.45) is 1.22. The van der Waals surface area contributed by atoms with Gasteiger partial charge >= 0.3 is 0 Å². The summed E-state index contributed by atoms with van der Waals surface area (Å²) in [4.78, 5) is 32.2. The molecule has 18 heavy (non-hydrogen) atoms. The number of nitrogens with one attached hydrogen (secondary N) is 3. The molecule has 0 atom stereocenters. The Balaban J connectivity index is 3.32. The Morgan fingerprint density at radius 2 is 1.67 bits per heavy atom. The second kappa shape index (κ2) is 11.2. The van der Waals surface area contributed by atoms with Crippen molar-refractivity contribution in [1.29, 1.82) is 0 Å². The third kappa shape index (κ3) is 11.6. The molecular weight excluding hydrogens is 274 g/mol. The zero-order valence-electron chi connectivity index (χ0n) is 10.5. The monoisotopic (exact) mass is 293 g/mol. The van der Waals surface area contributed by atoms with E-state index in [9.17, 15) is 14.4 Å². The van der Waals surface area contributed by atoms with Gasteiger partial charge in [0.05, 0.1) is 0 Å². The summed E-state index contributed by atoms with van der Waals surface area (Å²) < 4.78 is 0. The number of hydrazine groups is 1. The van der Waals surface area contributed by atoms with Crippen molar-refractivity contribution in [2.24, 2.45) is 0 Å². The largest absolute Gasteiger partial charge is 0.354 e. The summed E-state index contributed by atoms with van der Waals surface area (Å²) in [6, 6.07) is 0.171. The molecule has 3 N–H and O–H groups in total. The van der Waals surface area contributed by atoms with Crippen LogP contribution in [0.15, 0.2) is 0 Å². The molecule has 8 heteroatoms. The predicted molar refractivity (Wildman–Crippen MR) is 74.8 cm³/mol. The Labute approximate surface area is 115 Å². The maximum absolute atomic E-state index is 11.3. The van der Waals surface area contributed by atoms with Crippen LogP contribution < -0.4 is 16.2 Å². The van der Waals surface area contributed by atoms with Crippen LogP contribution in [0, 0.1) is 0 Å². The van der Waals surface area contributed by atoms with E-state index >= 15 is 0 Å². The van der Waals surface area contributed by atoms with Crippen molar-refractivity contribution in [3.05, 3.63) is 0 Å². The molecule has 0 bridgehead atoms. The van der Waals surface area contributed by atoms with Crippen LogP contribution in [-0.2, 0) is 14.4 Å². The van der Waals surface area contributed by atoms with Crippen LogP contribution in [0.1, 0.15) is 26.7 Å². The SMILES string of the molecule is CC(C)NC(=O)CCSSCCC(=O)NNC=O. The lowest BCUT2D eigenvalue weighted by atomic mass is 10.3. The van der Waals surface area contributed by atoms with Crippen molar-refractivity contribution in [2.45, 2.75) is 32.7 Å². The average molecular weight is 293 g/mol. The smallest absolute Gasteiger partial charge is 0.239 e. The Hall–Kier alpha value is -0.890. The minimum atomic E-state index is -0.229. The highest BCUT2D eigenvalue weighted by atomic mass is 33.1. The molecule has 0 aliphatic rings. The van der Waals surface area contributed by atoms with Gasteiger partial charge in [-0.1, -0.05) is 21.6 Å². The molecule has 0 rings (SSSR count). The molecule has 104 valence electrons. The van der Waals surface area contributed by atoms with Crippen LogP contribution >= 0.6 is 21.6 Å². The molecule has 0 radical (unpaired) electrons. The third-order valence-electron chi connectivity index (χ3n) is 1.63. The van der Waals surface area contributed by atoms with E-state index in [-0.39, 0.29) is 17.9 Å². The molecule has 0 fully saturated rings. The van der Waals surface area contributed by atoms with Crippen LogP contribution in [0.4, 0.5) is 0 Å². The van der Waals surface area contributed by atoms with E-state index in [4.69, 9.17) is 0 Å². The van der Waals surface area contributed by atoms with E-state index in [1.165, 1.54) is 10.8 Å². The molecule has 0 aliphatic heterocycles. The van der Waals surface area contributed by atoms with Gasteiger partial charge in [0.2, 0.25) is 18.2 Å². The fourth-order valence-electron chi connectivity index (χ4n) is 0.953. The van der Waals surface area contributed by atoms with E-state index in [1.54, 1.807) is 10.8 Å². The van der Waals surface area contributed by atoms with Gasteiger partial charge in [0, 0.05) is 30.4 Å². The minimum Gasteiger partial charge on any atom is -0.354 e. The fraction of sp³-hybridized carbons (Fsp3) is 0.700. The first-order valence-electron chi connectivity index (χ1n) is 5.58. The van der Waals surface area contributed by atoms with E-state index in [0.717, 1.165) is 5.75 Å². The van der Waals surface area contributed by atoms with Crippen LogP contribution in [0.2, 0.25) is 0 Å². The van der Waals surface area contributed by atoms with Gasteiger partial charge < -0.3 is 5.32 Å². The zero-order valence-corrected chi connectivity index (χ0v) is 12.2. The highest BCUT2D eigenvalue weighted by Gasteiger charge is 2.04. The van der Waals surface area contributed by atoms with Gasteiger partial charge in [-0.2, -0.15) is 0 Å². The highest BCUT2D eigenvalue weighted by Crippen LogP contribution is 2.22. The van der Waals surface area contributed by atoms with Crippen molar-refractivity contribution in [2.75, 3.05) is 11.5 Å². The van der Waals surface area contributed by atoms with E-state index in [1.807, 2.05) is 13.8 Å². The third-order valence-corrected chi connectivity index (χ3v) is 4.04. The van der Waals surface area contributed by atoms with Crippen LogP contribution in [0.5, 0.6) is 0 Å². The van der Waals surface area contributed by atoms with Crippen LogP contribution in [0.25, 0.3) is 0 Å². The Morgan fingerprint density at radius 3 is 2.17 bits per heavy atom. The molecule has 0 heterocycles. The molecule has 3 amide bonds. The molecule has 0 aromatic rings. The van der Waals surface area contributed by atoms with Crippen molar-refractivity contribution < 1.29 is 14.4 Å². The molecule has 6 nitrogen and oxygen atoms in total. The number of carbonyl (C=O) groups is 3. The first kappa shape index (κ1) is 17.1. The zero-order chi connectivity index (χ0) is 13.8. The number of amides is 3. The molecule has 0 aromatic heterocycles. The molecule has 0 aromatic carbocycles. The van der Waals surface area contributed by atoms with E-state index in [0.29, 0.717) is 25.0 Å². The second-order valence-electron chi connectivity index (χ2n) is 3.68. The van der Waals surface area contributed by atoms with Crippen LogP contribution in [0.3, 0.4) is 0 Å². The molecule has 0 aliphatic carbocycles. The Morgan fingerprint density at radius 1 is 1.11 bits per heavy atom. The second-order valence-corrected chi connectivity index (χ2v) is 6.38. The first-order chi connectivity index (χ1) is 8.56. The summed E-state index contributed by atoms with van der Waals surface area (Å²) in [5.41, 5.74) is 4.30. The van der Waals surface area contributed by atoms with E-state index in [2.05, 4.69) is 16.2 Å². The van der Waals surface area contributed by atoms with Gasteiger partial charge in [0.15, 0.2) is 0 Å². The van der Waals surface area contributed by atoms with E-state index < -0.39 is 0 Å². The van der Waals surface area contributed by atoms with Crippen molar-refractivity contribution in [3.63, 3.8) is 0 Å². The number of hydrogen-bond acceptors (Lipinski definition) is 5. The lowest BCUT2D eigenvalue weighted by molar-refractivity contribution is -0.124. The van der Waals surface area contributed by atoms with Crippen LogP contribution in [-0.4, -0.2) is 35.8 Å². The highest BCUT2D eigenvalue weighted by molar-refractivity contribution is 8.76. The van der Waals surface area contributed by atoms with Crippen molar-refractivity contribution >= 4 is 39.8 Å². The molecule has 0 saturated heterocycles. The lowest BCUT2D eigenvalue weighted by Gasteiger charge is -2.07. The Bertz CT molecular complexity index is 275. The number of rotatable bonds is 10. The predicted octanol–water partition coefficient (Wildman–Crippen LogP) is 0.450. The summed E-state index contributed by atoms with van der Waals surface area (Å²) >= 11 is 0. The lowest BCUT2D eigenvalue weighted by Crippen LogP contribution is -2.36. The summed E-state index contributed by atoms with van der Waals surface area (Å²) in [7, 11) is 3.10. The first-order valence-corrected chi connectivity index (χ1v) is 8.07. The minimum absolute atomic E-state index is 0.0472. The maximum atomic E-state index is 11.3. The van der Waals surface area contributed by atoms with Crippen molar-refractivity contribution in [3.8, 4) is 0 Å². The quantitative estimate of drug-likeness (QED) is 0.236. The van der Waals surface area contributed by atoms with Gasteiger partial charge in [-0.05, 0) is 13.8 Å². The van der Waals surface area contributed by atoms with Gasteiger partial charge in [0.1, 0.15) is 0 Å². The number of hydrogen-bond donors (Lipinski definition) is 3. The standard InChI is InChI=1S/C10H19N3O3S2/c1-8(2)12-9(15)3-5-17-18-6-4-10(16)13-11-7-14/h7-8H,3-6H2,1-2H3,(H,11,14)(H,12,15)(H,13,16). The fourth-order valence-corrected chi connectivity index (χ4v) is 2.93. The molecular formula is C10H19N3O3S2. The average Bonchev–Trinajstić information content (AvgIpc) is 2.30. The maximum Gasteiger partial charge on any atom is 0.239 e. The molecule has 0 spiro atoms. The van der Waals surface area contributed by atoms with Gasteiger partial charge in [0.25, 0.3) is 0 Å². The number of carbonyl (C=O) groups excluding carboxylic acids is 3. The normalized spacial score (nSPS) is 9.94. The summed E-state index contributed by atoms with van der Waals surface area (Å²) in [6.45, 7) is 3.84. The summed E-state index contributed by atoms with van der Waals surface area (Å²) in [5.74, 6) is 1.18. The molecule has 0 unspecified atom stereocenters. The summed E-state index contributed by atoms with van der Waals surface area (Å²) in [5, 5.41) is 2.81. The van der Waals surface area contributed by atoms with Gasteiger partial charge in [-0.3, -0.25) is 25.2 Å². The Kier molecular flexibility index (Phi) is 10.7. The molecule has 0 saturated carbocycles. The van der Waals surface area contributed by atoms with Gasteiger partial charge in [-0.15, -0.1) is 0 Å². The topological polar surface area (TPSA) is 87.3 Å². The van der Waals surface area contributed by atoms with Crippen molar-refractivity contribution in [1.82, 2.24) is 16.2 Å².